The second-order valence-electron chi connectivity index (χ2n) is 7.18. The summed E-state index contributed by atoms with van der Waals surface area (Å²) in [5, 5.41) is 15.1. The Hall–Kier alpha value is -3.61. The van der Waals surface area contributed by atoms with Crippen molar-refractivity contribution >= 4 is 28.7 Å². The highest BCUT2D eigenvalue weighted by atomic mass is 16.4. The molecule has 1 aromatic heterocycles. The number of aliphatic carboxylic acids is 1. The van der Waals surface area contributed by atoms with Crippen LogP contribution in [0.3, 0.4) is 0 Å². The van der Waals surface area contributed by atoms with Gasteiger partial charge in [-0.1, -0.05) is 44.2 Å². The van der Waals surface area contributed by atoms with Crippen LogP contribution in [-0.4, -0.2) is 23.1 Å². The number of para-hydroxylation sites is 1. The lowest BCUT2D eigenvalue weighted by Gasteiger charge is -2.17. The SMILES string of the molecule is CC(C)CC(NC(=O)Nc1cccc(-c2cc3ccccc3oc2=O)c1)C(=O)O. The van der Waals surface area contributed by atoms with E-state index in [1.54, 1.807) is 42.5 Å². The monoisotopic (exact) mass is 394 g/mol. The first-order valence-electron chi connectivity index (χ1n) is 9.27. The maximum Gasteiger partial charge on any atom is 0.344 e. The molecule has 1 heterocycles. The van der Waals surface area contributed by atoms with Gasteiger partial charge in [-0.05, 0) is 42.2 Å². The van der Waals surface area contributed by atoms with E-state index in [1.807, 2.05) is 26.0 Å². The topological polar surface area (TPSA) is 109 Å². The van der Waals surface area contributed by atoms with Crippen molar-refractivity contribution in [1.82, 2.24) is 5.32 Å². The summed E-state index contributed by atoms with van der Waals surface area (Å²) in [6.45, 7) is 3.77. The molecule has 2 aromatic carbocycles. The van der Waals surface area contributed by atoms with Gasteiger partial charge >= 0.3 is 17.6 Å². The third-order valence-electron chi connectivity index (χ3n) is 4.38. The van der Waals surface area contributed by atoms with E-state index in [9.17, 15) is 19.5 Å². The summed E-state index contributed by atoms with van der Waals surface area (Å²) in [5.74, 6) is -0.969. The fourth-order valence-corrected chi connectivity index (χ4v) is 3.05. The van der Waals surface area contributed by atoms with Crippen LogP contribution in [0.15, 0.2) is 63.8 Å². The van der Waals surface area contributed by atoms with Crippen LogP contribution < -0.4 is 16.3 Å². The maximum atomic E-state index is 12.4. The first-order chi connectivity index (χ1) is 13.8. The quantitative estimate of drug-likeness (QED) is 0.546. The number of carbonyl (C=O) groups is 2. The molecule has 0 fully saturated rings. The van der Waals surface area contributed by atoms with Crippen LogP contribution in [0.1, 0.15) is 20.3 Å². The standard InChI is InChI=1S/C22H22N2O5/c1-13(2)10-18(20(25)26)24-22(28)23-16-8-5-7-14(11-16)17-12-15-6-3-4-9-19(15)29-21(17)27/h3-9,11-13,18H,10H2,1-2H3,(H,25,26)(H2,23,24,28). The van der Waals surface area contributed by atoms with E-state index in [0.717, 1.165) is 5.39 Å². The van der Waals surface area contributed by atoms with E-state index in [-0.39, 0.29) is 5.92 Å². The van der Waals surface area contributed by atoms with Crippen LogP contribution in [-0.2, 0) is 4.79 Å². The van der Waals surface area contributed by atoms with Crippen molar-refractivity contribution < 1.29 is 19.1 Å². The van der Waals surface area contributed by atoms with Crippen LogP contribution in [0.5, 0.6) is 0 Å². The largest absolute Gasteiger partial charge is 0.480 e. The molecule has 0 aliphatic heterocycles. The molecule has 7 heteroatoms. The third-order valence-corrected chi connectivity index (χ3v) is 4.38. The Bertz CT molecular complexity index is 1100. The molecular weight excluding hydrogens is 372 g/mol. The minimum atomic E-state index is -1.09. The number of carbonyl (C=O) groups excluding carboxylic acids is 1. The lowest BCUT2D eigenvalue weighted by atomic mass is 10.0. The van der Waals surface area contributed by atoms with Gasteiger partial charge in [-0.15, -0.1) is 0 Å². The summed E-state index contributed by atoms with van der Waals surface area (Å²) < 4.78 is 5.36. The van der Waals surface area contributed by atoms with Gasteiger partial charge in [0.1, 0.15) is 11.6 Å². The molecule has 1 atom stereocenters. The molecule has 0 radical (unpaired) electrons. The fraction of sp³-hybridized carbons (Fsp3) is 0.227. The molecule has 0 bridgehead atoms. The van der Waals surface area contributed by atoms with Crippen molar-refractivity contribution in [2.75, 3.05) is 5.32 Å². The van der Waals surface area contributed by atoms with E-state index in [1.165, 1.54) is 0 Å². The van der Waals surface area contributed by atoms with Crippen molar-refractivity contribution in [2.24, 2.45) is 5.92 Å². The molecule has 3 rings (SSSR count). The molecule has 3 aromatic rings. The highest BCUT2D eigenvalue weighted by Crippen LogP contribution is 2.23. The van der Waals surface area contributed by atoms with Gasteiger partial charge in [-0.2, -0.15) is 0 Å². The van der Waals surface area contributed by atoms with Gasteiger partial charge in [0, 0.05) is 11.1 Å². The van der Waals surface area contributed by atoms with Gasteiger partial charge in [0.25, 0.3) is 0 Å². The molecule has 0 saturated heterocycles. The average Bonchev–Trinajstić information content (AvgIpc) is 2.66. The fourth-order valence-electron chi connectivity index (χ4n) is 3.05. The zero-order chi connectivity index (χ0) is 21.0. The van der Waals surface area contributed by atoms with E-state index < -0.39 is 23.7 Å². The van der Waals surface area contributed by atoms with Gasteiger partial charge in [0.15, 0.2) is 0 Å². The van der Waals surface area contributed by atoms with Gasteiger partial charge in [-0.3, -0.25) is 0 Å². The Morgan fingerprint density at radius 2 is 1.83 bits per heavy atom. The molecule has 0 aliphatic carbocycles. The number of carboxylic acids is 1. The van der Waals surface area contributed by atoms with Crippen LogP contribution in [0, 0.1) is 5.92 Å². The Morgan fingerprint density at radius 3 is 2.55 bits per heavy atom. The molecule has 1 unspecified atom stereocenters. The summed E-state index contributed by atoms with van der Waals surface area (Å²) in [7, 11) is 0. The minimum absolute atomic E-state index is 0.117. The summed E-state index contributed by atoms with van der Waals surface area (Å²) in [6, 6.07) is 14.1. The number of amides is 2. The zero-order valence-electron chi connectivity index (χ0n) is 16.1. The predicted molar refractivity (Wildman–Crippen MR) is 111 cm³/mol. The number of hydrogen-bond acceptors (Lipinski definition) is 4. The molecule has 0 spiro atoms. The summed E-state index contributed by atoms with van der Waals surface area (Å²) in [6.07, 6.45) is 0.320. The Morgan fingerprint density at radius 1 is 1.07 bits per heavy atom. The van der Waals surface area contributed by atoms with Crippen LogP contribution >= 0.6 is 0 Å². The second-order valence-corrected chi connectivity index (χ2v) is 7.18. The minimum Gasteiger partial charge on any atom is -0.480 e. The highest BCUT2D eigenvalue weighted by Gasteiger charge is 2.21. The Kier molecular flexibility index (Phi) is 5.97. The zero-order valence-corrected chi connectivity index (χ0v) is 16.1. The summed E-state index contributed by atoms with van der Waals surface area (Å²) in [5.41, 5.74) is 1.41. The van der Waals surface area contributed by atoms with Gasteiger partial charge < -0.3 is 20.2 Å². The molecular formula is C22H22N2O5. The number of rotatable bonds is 6. The summed E-state index contributed by atoms with van der Waals surface area (Å²) >= 11 is 0. The molecule has 2 amide bonds. The van der Waals surface area contributed by atoms with Crippen LogP contribution in [0.25, 0.3) is 22.1 Å². The number of hydrogen-bond donors (Lipinski definition) is 3. The number of benzene rings is 2. The lowest BCUT2D eigenvalue weighted by Crippen LogP contribution is -2.43. The highest BCUT2D eigenvalue weighted by molar-refractivity contribution is 5.93. The van der Waals surface area contributed by atoms with Crippen molar-refractivity contribution in [2.45, 2.75) is 26.3 Å². The molecule has 7 nitrogen and oxygen atoms in total. The van der Waals surface area contributed by atoms with Crippen LogP contribution in [0.2, 0.25) is 0 Å². The number of carboxylic acid groups (broad SMARTS) is 1. The van der Waals surface area contributed by atoms with Gasteiger partial charge in [0.05, 0.1) is 5.56 Å². The van der Waals surface area contributed by atoms with Crippen molar-refractivity contribution in [3.63, 3.8) is 0 Å². The lowest BCUT2D eigenvalue weighted by molar-refractivity contribution is -0.139. The summed E-state index contributed by atoms with van der Waals surface area (Å²) in [4.78, 5) is 35.9. The first-order valence-corrected chi connectivity index (χ1v) is 9.27. The second kappa shape index (κ2) is 8.60. The van der Waals surface area contributed by atoms with E-state index in [0.29, 0.717) is 28.8 Å². The van der Waals surface area contributed by atoms with E-state index in [2.05, 4.69) is 10.6 Å². The number of nitrogens with one attached hydrogen (secondary N) is 2. The van der Waals surface area contributed by atoms with Crippen molar-refractivity contribution in [3.8, 4) is 11.1 Å². The van der Waals surface area contributed by atoms with Gasteiger partial charge in [0.2, 0.25) is 0 Å². The molecule has 0 saturated carbocycles. The maximum absolute atomic E-state index is 12.4. The van der Waals surface area contributed by atoms with Crippen LogP contribution in [0.4, 0.5) is 10.5 Å². The molecule has 150 valence electrons. The number of anilines is 1. The smallest absolute Gasteiger partial charge is 0.344 e. The molecule has 0 aliphatic rings. The van der Waals surface area contributed by atoms with Crippen molar-refractivity contribution in [1.29, 1.82) is 0 Å². The third kappa shape index (κ3) is 5.01. The van der Waals surface area contributed by atoms with Crippen molar-refractivity contribution in [3.05, 3.63) is 65.0 Å². The Balaban J connectivity index is 1.81. The predicted octanol–water partition coefficient (Wildman–Crippen LogP) is 4.08. The van der Waals surface area contributed by atoms with E-state index >= 15 is 0 Å². The van der Waals surface area contributed by atoms with E-state index in [4.69, 9.17) is 4.42 Å². The normalized spacial score (nSPS) is 12.0. The molecule has 29 heavy (non-hydrogen) atoms. The number of urea groups is 1. The molecule has 3 N–H and O–H groups in total. The average molecular weight is 394 g/mol. The van der Waals surface area contributed by atoms with Gasteiger partial charge in [-0.25, -0.2) is 14.4 Å². The Labute approximate surface area is 167 Å². The first kappa shape index (κ1) is 20.1. The number of fused-ring (bicyclic) bond motifs is 1.